The Balaban J connectivity index is 2.13. The Hall–Kier alpha value is -1.55. The molecule has 0 bridgehead atoms. The third-order valence-electron chi connectivity index (χ3n) is 3.47. The van der Waals surface area contributed by atoms with Gasteiger partial charge in [0.1, 0.15) is 6.04 Å². The number of nitrogens with one attached hydrogen (secondary N) is 2. The van der Waals surface area contributed by atoms with Gasteiger partial charge in [0, 0.05) is 22.1 Å². The van der Waals surface area contributed by atoms with Gasteiger partial charge >= 0.3 is 0 Å². The van der Waals surface area contributed by atoms with E-state index in [1.165, 1.54) is 0 Å². The van der Waals surface area contributed by atoms with Crippen molar-refractivity contribution in [2.75, 3.05) is 11.9 Å². The minimum Gasteiger partial charge on any atom is -0.373 e. The first kappa shape index (κ1) is 15.8. The highest BCUT2D eigenvalue weighted by Crippen LogP contribution is 2.30. The molecule has 4 heteroatoms. The first-order valence-corrected chi connectivity index (χ1v) is 8.14. The molecule has 0 saturated heterocycles. The van der Waals surface area contributed by atoms with Crippen LogP contribution in [0.4, 0.5) is 5.69 Å². The number of halogens is 1. The van der Waals surface area contributed by atoms with Crippen LogP contribution in [0.15, 0.2) is 40.9 Å². The first-order chi connectivity index (χ1) is 10.1. The number of carbonyl (C=O) groups is 1. The van der Waals surface area contributed by atoms with Gasteiger partial charge in [0.15, 0.2) is 0 Å². The van der Waals surface area contributed by atoms with Crippen LogP contribution < -0.4 is 10.6 Å². The topological polar surface area (TPSA) is 41.1 Å². The summed E-state index contributed by atoms with van der Waals surface area (Å²) in [4.78, 5) is 12.0. The van der Waals surface area contributed by atoms with E-state index < -0.39 is 0 Å². The predicted molar refractivity (Wildman–Crippen MR) is 92.7 cm³/mol. The van der Waals surface area contributed by atoms with Gasteiger partial charge in [-0.05, 0) is 30.9 Å². The number of amides is 1. The van der Waals surface area contributed by atoms with Gasteiger partial charge in [0.05, 0.1) is 0 Å². The van der Waals surface area contributed by atoms with Gasteiger partial charge in [-0.25, -0.2) is 0 Å². The van der Waals surface area contributed by atoms with E-state index in [0.29, 0.717) is 0 Å². The molecule has 2 aromatic rings. The Morgan fingerprint density at radius 2 is 1.90 bits per heavy atom. The van der Waals surface area contributed by atoms with E-state index in [1.807, 2.05) is 31.2 Å². The molecule has 1 amide bonds. The smallest absolute Gasteiger partial charge is 0.242 e. The Labute approximate surface area is 134 Å². The Kier molecular flexibility index (Phi) is 5.62. The maximum atomic E-state index is 12.0. The van der Waals surface area contributed by atoms with Crippen LogP contribution in [0.1, 0.15) is 26.7 Å². The zero-order chi connectivity index (χ0) is 15.2. The summed E-state index contributed by atoms with van der Waals surface area (Å²) in [5, 5.41) is 8.51. The zero-order valence-corrected chi connectivity index (χ0v) is 14.0. The minimum atomic E-state index is -0.258. The fraction of sp³-hybridized carbons (Fsp3) is 0.353. The van der Waals surface area contributed by atoms with Crippen LogP contribution in [0, 0.1) is 0 Å². The molecule has 112 valence electrons. The number of fused-ring (bicyclic) bond motifs is 1. The molecule has 0 saturated carbocycles. The van der Waals surface area contributed by atoms with Crippen LogP contribution in [-0.4, -0.2) is 18.5 Å². The number of carbonyl (C=O) groups excluding carboxylic acids is 1. The van der Waals surface area contributed by atoms with Crippen molar-refractivity contribution in [1.29, 1.82) is 0 Å². The average molecular weight is 349 g/mol. The first-order valence-electron chi connectivity index (χ1n) is 7.35. The fourth-order valence-electron chi connectivity index (χ4n) is 2.23. The molecule has 0 aliphatic heterocycles. The van der Waals surface area contributed by atoms with E-state index in [9.17, 15) is 4.79 Å². The monoisotopic (exact) mass is 348 g/mol. The second kappa shape index (κ2) is 7.46. The summed E-state index contributed by atoms with van der Waals surface area (Å²) in [5.41, 5.74) is 0.979. The van der Waals surface area contributed by atoms with Crippen LogP contribution in [0.3, 0.4) is 0 Å². The molecule has 21 heavy (non-hydrogen) atoms. The number of anilines is 1. The highest BCUT2D eigenvalue weighted by atomic mass is 79.9. The molecular formula is C17H21BrN2O. The summed E-state index contributed by atoms with van der Waals surface area (Å²) >= 11 is 3.56. The standard InChI is InChI=1S/C17H21BrN2O/c1-3-4-11-19-17(21)12(2)20-16-10-9-15(18)13-7-5-6-8-14(13)16/h5-10,12,20H,3-4,11H2,1-2H3,(H,19,21). The fourth-order valence-corrected chi connectivity index (χ4v) is 2.71. The molecule has 0 aliphatic carbocycles. The third-order valence-corrected chi connectivity index (χ3v) is 4.16. The predicted octanol–water partition coefficient (Wildman–Crippen LogP) is 4.32. The lowest BCUT2D eigenvalue weighted by molar-refractivity contribution is -0.121. The van der Waals surface area contributed by atoms with Gasteiger partial charge < -0.3 is 10.6 Å². The van der Waals surface area contributed by atoms with E-state index in [1.54, 1.807) is 0 Å². The lowest BCUT2D eigenvalue weighted by Crippen LogP contribution is -2.38. The van der Waals surface area contributed by atoms with Gasteiger partial charge in [-0.15, -0.1) is 0 Å². The quantitative estimate of drug-likeness (QED) is 0.763. The van der Waals surface area contributed by atoms with Crippen molar-refractivity contribution in [3.05, 3.63) is 40.9 Å². The highest BCUT2D eigenvalue weighted by molar-refractivity contribution is 9.10. The van der Waals surface area contributed by atoms with Crippen molar-refractivity contribution in [1.82, 2.24) is 5.32 Å². The van der Waals surface area contributed by atoms with Crippen LogP contribution in [-0.2, 0) is 4.79 Å². The molecule has 0 spiro atoms. The summed E-state index contributed by atoms with van der Waals surface area (Å²) in [6, 6.07) is 11.9. The Morgan fingerprint density at radius 3 is 2.62 bits per heavy atom. The SMILES string of the molecule is CCCCNC(=O)C(C)Nc1ccc(Br)c2ccccc12. The summed E-state index contributed by atoms with van der Waals surface area (Å²) in [6.45, 7) is 4.74. The van der Waals surface area contributed by atoms with Crippen LogP contribution in [0.5, 0.6) is 0 Å². The number of hydrogen-bond acceptors (Lipinski definition) is 2. The van der Waals surface area contributed by atoms with Crippen molar-refractivity contribution < 1.29 is 4.79 Å². The number of rotatable bonds is 6. The van der Waals surface area contributed by atoms with Crippen LogP contribution in [0.2, 0.25) is 0 Å². The maximum Gasteiger partial charge on any atom is 0.242 e. The summed E-state index contributed by atoms with van der Waals surface area (Å²) in [6.07, 6.45) is 2.10. The van der Waals surface area contributed by atoms with Crippen LogP contribution >= 0.6 is 15.9 Å². The number of benzene rings is 2. The Bertz CT molecular complexity index is 627. The Morgan fingerprint density at radius 1 is 1.19 bits per heavy atom. The second-order valence-corrected chi connectivity index (χ2v) is 6.01. The molecule has 0 heterocycles. The molecule has 0 fully saturated rings. The average Bonchev–Trinajstić information content (AvgIpc) is 2.50. The molecular weight excluding hydrogens is 328 g/mol. The van der Waals surface area contributed by atoms with Gasteiger partial charge in [0.2, 0.25) is 5.91 Å². The van der Waals surface area contributed by atoms with Crippen LogP contribution in [0.25, 0.3) is 10.8 Å². The van der Waals surface area contributed by atoms with Crippen molar-refractivity contribution in [3.63, 3.8) is 0 Å². The lowest BCUT2D eigenvalue weighted by atomic mass is 10.1. The molecule has 2 N–H and O–H groups in total. The molecule has 2 rings (SSSR count). The van der Waals surface area contributed by atoms with Crippen molar-refractivity contribution >= 4 is 38.3 Å². The molecule has 0 aromatic heterocycles. The lowest BCUT2D eigenvalue weighted by Gasteiger charge is -2.17. The van der Waals surface area contributed by atoms with Crippen molar-refractivity contribution in [2.24, 2.45) is 0 Å². The van der Waals surface area contributed by atoms with Gasteiger partial charge in [-0.3, -0.25) is 4.79 Å². The van der Waals surface area contributed by atoms with Crippen molar-refractivity contribution in [3.8, 4) is 0 Å². The second-order valence-electron chi connectivity index (χ2n) is 5.15. The third kappa shape index (κ3) is 3.97. The molecule has 0 aliphatic rings. The normalized spacial score (nSPS) is 12.1. The van der Waals surface area contributed by atoms with E-state index in [0.717, 1.165) is 40.3 Å². The summed E-state index contributed by atoms with van der Waals surface area (Å²) < 4.78 is 1.06. The molecule has 2 aromatic carbocycles. The van der Waals surface area contributed by atoms with Crippen molar-refractivity contribution in [2.45, 2.75) is 32.7 Å². The number of hydrogen-bond donors (Lipinski definition) is 2. The molecule has 1 unspecified atom stereocenters. The zero-order valence-electron chi connectivity index (χ0n) is 12.4. The van der Waals surface area contributed by atoms with E-state index >= 15 is 0 Å². The summed E-state index contributed by atoms with van der Waals surface area (Å²) in [5.74, 6) is 0.0375. The van der Waals surface area contributed by atoms with E-state index in [2.05, 4.69) is 45.6 Å². The minimum absolute atomic E-state index is 0.0375. The van der Waals surface area contributed by atoms with E-state index in [-0.39, 0.29) is 11.9 Å². The molecule has 0 radical (unpaired) electrons. The molecule has 3 nitrogen and oxygen atoms in total. The highest BCUT2D eigenvalue weighted by Gasteiger charge is 2.13. The van der Waals surface area contributed by atoms with Gasteiger partial charge in [0.25, 0.3) is 0 Å². The number of unbranched alkanes of at least 4 members (excludes halogenated alkanes) is 1. The molecule has 1 atom stereocenters. The summed E-state index contributed by atoms with van der Waals surface area (Å²) in [7, 11) is 0. The van der Waals surface area contributed by atoms with Gasteiger partial charge in [-0.2, -0.15) is 0 Å². The maximum absolute atomic E-state index is 12.0. The van der Waals surface area contributed by atoms with Gasteiger partial charge in [-0.1, -0.05) is 53.5 Å². The largest absolute Gasteiger partial charge is 0.373 e. The van der Waals surface area contributed by atoms with E-state index in [4.69, 9.17) is 0 Å².